The van der Waals surface area contributed by atoms with Gasteiger partial charge in [0.15, 0.2) is 11.5 Å². The number of ether oxygens (including phenoxy) is 2. The molecule has 0 spiro atoms. The van der Waals surface area contributed by atoms with Crippen LogP contribution in [-0.2, 0) is 6.54 Å². The summed E-state index contributed by atoms with van der Waals surface area (Å²) in [4.78, 5) is 11.1. The highest BCUT2D eigenvalue weighted by molar-refractivity contribution is 5.58. The minimum atomic E-state index is 0.426. The Morgan fingerprint density at radius 1 is 0.964 bits per heavy atom. The van der Waals surface area contributed by atoms with Crippen molar-refractivity contribution in [1.82, 2.24) is 14.9 Å². The second kappa shape index (κ2) is 7.60. The molecule has 3 aromatic rings. The average molecular weight is 373 g/mol. The number of benzene rings is 2. The Kier molecular flexibility index (Phi) is 4.67. The van der Waals surface area contributed by atoms with Crippen molar-refractivity contribution < 1.29 is 9.47 Å². The number of hydrogen-bond donors (Lipinski definition) is 0. The summed E-state index contributed by atoms with van der Waals surface area (Å²) in [6.45, 7) is 3.32. The number of nitrogens with zero attached hydrogens (tertiary/aromatic N) is 3. The Morgan fingerprint density at radius 3 is 2.64 bits per heavy atom. The van der Waals surface area contributed by atoms with Crippen molar-refractivity contribution >= 4 is 0 Å². The molecule has 0 N–H and O–H groups in total. The van der Waals surface area contributed by atoms with Crippen molar-refractivity contribution in [3.8, 4) is 22.8 Å². The van der Waals surface area contributed by atoms with Crippen LogP contribution in [-0.4, -0.2) is 34.6 Å². The van der Waals surface area contributed by atoms with E-state index in [1.165, 1.54) is 24.0 Å². The van der Waals surface area contributed by atoms with Gasteiger partial charge in [0.25, 0.3) is 0 Å². The molecule has 142 valence electrons. The van der Waals surface area contributed by atoms with Crippen LogP contribution in [0.2, 0.25) is 0 Å². The molecular formula is C23H23N3O2. The molecule has 1 aromatic heterocycles. The van der Waals surface area contributed by atoms with Crippen LogP contribution < -0.4 is 9.47 Å². The van der Waals surface area contributed by atoms with Gasteiger partial charge in [-0.25, -0.2) is 0 Å². The van der Waals surface area contributed by atoms with Crippen molar-refractivity contribution in [2.24, 2.45) is 0 Å². The Balaban J connectivity index is 1.32. The van der Waals surface area contributed by atoms with E-state index >= 15 is 0 Å². The second-order valence-corrected chi connectivity index (χ2v) is 7.32. The van der Waals surface area contributed by atoms with Crippen LogP contribution in [0.25, 0.3) is 11.3 Å². The SMILES string of the molecule is c1cnc(-c2ccc(CN3CCCC3c3ccc4c(c3)OCCO4)cc2)cn1. The molecule has 3 heterocycles. The van der Waals surface area contributed by atoms with Gasteiger partial charge in [0.2, 0.25) is 0 Å². The number of likely N-dealkylation sites (tertiary alicyclic amines) is 1. The molecule has 2 aromatic carbocycles. The zero-order valence-electron chi connectivity index (χ0n) is 15.8. The fourth-order valence-corrected chi connectivity index (χ4v) is 4.12. The van der Waals surface area contributed by atoms with Gasteiger partial charge in [-0.2, -0.15) is 0 Å². The maximum atomic E-state index is 5.78. The molecule has 5 rings (SSSR count). The van der Waals surface area contributed by atoms with E-state index in [9.17, 15) is 0 Å². The molecule has 0 bridgehead atoms. The van der Waals surface area contributed by atoms with Gasteiger partial charge in [-0.15, -0.1) is 0 Å². The minimum Gasteiger partial charge on any atom is -0.486 e. The maximum absolute atomic E-state index is 5.78. The van der Waals surface area contributed by atoms with Gasteiger partial charge in [0.05, 0.1) is 11.9 Å². The highest BCUT2D eigenvalue weighted by atomic mass is 16.6. The van der Waals surface area contributed by atoms with Crippen LogP contribution >= 0.6 is 0 Å². The molecule has 2 aliphatic rings. The van der Waals surface area contributed by atoms with Gasteiger partial charge < -0.3 is 9.47 Å². The molecule has 0 aliphatic carbocycles. The molecule has 5 heteroatoms. The molecule has 1 saturated heterocycles. The summed E-state index contributed by atoms with van der Waals surface area (Å²) in [5.74, 6) is 1.74. The molecule has 0 saturated carbocycles. The van der Waals surface area contributed by atoms with Crippen LogP contribution in [0, 0.1) is 0 Å². The summed E-state index contributed by atoms with van der Waals surface area (Å²) in [5, 5.41) is 0. The van der Waals surface area contributed by atoms with E-state index in [-0.39, 0.29) is 0 Å². The average Bonchev–Trinajstić information content (AvgIpc) is 3.23. The Bertz CT molecular complexity index is 944. The van der Waals surface area contributed by atoms with Crippen LogP contribution in [0.15, 0.2) is 61.1 Å². The Morgan fingerprint density at radius 2 is 1.82 bits per heavy atom. The van der Waals surface area contributed by atoms with Gasteiger partial charge in [-0.05, 0) is 42.6 Å². The summed E-state index contributed by atoms with van der Waals surface area (Å²) in [7, 11) is 0. The van der Waals surface area contributed by atoms with Crippen LogP contribution in [0.3, 0.4) is 0 Å². The summed E-state index contributed by atoms with van der Waals surface area (Å²) < 4.78 is 11.4. The predicted octanol–water partition coefficient (Wildman–Crippen LogP) is 4.25. The lowest BCUT2D eigenvalue weighted by Crippen LogP contribution is -2.23. The summed E-state index contributed by atoms with van der Waals surface area (Å²) in [6.07, 6.45) is 7.62. The lowest BCUT2D eigenvalue weighted by atomic mass is 10.0. The third-order valence-corrected chi connectivity index (χ3v) is 5.51. The van der Waals surface area contributed by atoms with Crippen LogP contribution in [0.5, 0.6) is 11.5 Å². The first-order valence-corrected chi connectivity index (χ1v) is 9.86. The van der Waals surface area contributed by atoms with Crippen molar-refractivity contribution in [1.29, 1.82) is 0 Å². The zero-order chi connectivity index (χ0) is 18.8. The molecule has 2 aliphatic heterocycles. The first-order valence-electron chi connectivity index (χ1n) is 9.86. The van der Waals surface area contributed by atoms with Gasteiger partial charge in [-0.1, -0.05) is 30.3 Å². The quantitative estimate of drug-likeness (QED) is 0.684. The topological polar surface area (TPSA) is 47.5 Å². The van der Waals surface area contributed by atoms with Crippen molar-refractivity contribution in [3.05, 3.63) is 72.2 Å². The molecule has 5 nitrogen and oxygen atoms in total. The standard InChI is InChI=1S/C23H23N3O2/c1-2-21(19-7-8-22-23(14-19)28-13-12-27-22)26(11-1)16-17-3-5-18(6-4-17)20-15-24-9-10-25-20/h3-10,14-15,21H,1-2,11-13,16H2. The lowest BCUT2D eigenvalue weighted by molar-refractivity contribution is 0.170. The first-order chi connectivity index (χ1) is 13.9. The van der Waals surface area contributed by atoms with E-state index in [2.05, 4.69) is 57.3 Å². The first kappa shape index (κ1) is 17.2. The maximum Gasteiger partial charge on any atom is 0.161 e. The van der Waals surface area contributed by atoms with Crippen molar-refractivity contribution in [3.63, 3.8) is 0 Å². The van der Waals surface area contributed by atoms with Crippen LogP contribution in [0.1, 0.15) is 30.0 Å². The minimum absolute atomic E-state index is 0.426. The van der Waals surface area contributed by atoms with E-state index in [1.54, 1.807) is 18.6 Å². The molecule has 0 radical (unpaired) electrons. The predicted molar refractivity (Wildman–Crippen MR) is 107 cm³/mol. The largest absolute Gasteiger partial charge is 0.486 e. The van der Waals surface area contributed by atoms with Gasteiger partial charge in [0, 0.05) is 30.5 Å². The van der Waals surface area contributed by atoms with Crippen molar-refractivity contribution in [2.75, 3.05) is 19.8 Å². The van der Waals surface area contributed by atoms with E-state index in [1.807, 2.05) is 0 Å². The van der Waals surface area contributed by atoms with E-state index in [0.29, 0.717) is 19.3 Å². The number of hydrogen-bond acceptors (Lipinski definition) is 5. The number of rotatable bonds is 4. The van der Waals surface area contributed by atoms with Gasteiger partial charge >= 0.3 is 0 Å². The van der Waals surface area contributed by atoms with E-state index in [4.69, 9.17) is 9.47 Å². The third-order valence-electron chi connectivity index (χ3n) is 5.51. The number of aromatic nitrogens is 2. The molecule has 1 atom stereocenters. The zero-order valence-corrected chi connectivity index (χ0v) is 15.8. The molecule has 0 amide bonds. The monoisotopic (exact) mass is 373 g/mol. The fourth-order valence-electron chi connectivity index (χ4n) is 4.12. The van der Waals surface area contributed by atoms with Crippen LogP contribution in [0.4, 0.5) is 0 Å². The summed E-state index contributed by atoms with van der Waals surface area (Å²) in [5.41, 5.74) is 4.64. The van der Waals surface area contributed by atoms with Gasteiger partial charge in [-0.3, -0.25) is 14.9 Å². The molecule has 1 fully saturated rings. The molecule has 28 heavy (non-hydrogen) atoms. The highest BCUT2D eigenvalue weighted by Crippen LogP contribution is 2.38. The Labute approximate surface area is 165 Å². The second-order valence-electron chi connectivity index (χ2n) is 7.32. The third kappa shape index (κ3) is 3.45. The molecule has 1 unspecified atom stereocenters. The molecular weight excluding hydrogens is 350 g/mol. The van der Waals surface area contributed by atoms with E-state index < -0.39 is 0 Å². The van der Waals surface area contributed by atoms with Crippen molar-refractivity contribution in [2.45, 2.75) is 25.4 Å². The van der Waals surface area contributed by atoms with Gasteiger partial charge in [0.1, 0.15) is 13.2 Å². The summed E-state index contributed by atoms with van der Waals surface area (Å²) in [6, 6.07) is 15.5. The smallest absolute Gasteiger partial charge is 0.161 e. The highest BCUT2D eigenvalue weighted by Gasteiger charge is 2.27. The Hall–Kier alpha value is -2.92. The lowest BCUT2D eigenvalue weighted by Gasteiger charge is -2.26. The summed E-state index contributed by atoms with van der Waals surface area (Å²) >= 11 is 0. The number of fused-ring (bicyclic) bond motifs is 1. The normalized spacial score (nSPS) is 18.9. The van der Waals surface area contributed by atoms with E-state index in [0.717, 1.165) is 35.8 Å². The fraction of sp³-hybridized carbons (Fsp3) is 0.304.